The van der Waals surface area contributed by atoms with E-state index < -0.39 is 5.97 Å². The van der Waals surface area contributed by atoms with Gasteiger partial charge >= 0.3 is 5.97 Å². The average molecular weight is 767 g/mol. The van der Waals surface area contributed by atoms with Crippen LogP contribution in [0.1, 0.15) is 141 Å². The summed E-state index contributed by atoms with van der Waals surface area (Å²) in [5, 5.41) is 14.5. The zero-order valence-corrected chi connectivity index (χ0v) is 36.2. The molecule has 4 nitrogen and oxygen atoms in total. The Labute approximate surface area is 342 Å². The van der Waals surface area contributed by atoms with Crippen molar-refractivity contribution in [3.05, 3.63) is 54.1 Å². The molecule has 3 N–H and O–H groups in total. The molecule has 7 rings (SSSR count). The van der Waals surface area contributed by atoms with E-state index in [9.17, 15) is 9.90 Å². The first-order valence-corrected chi connectivity index (χ1v) is 21.5. The van der Waals surface area contributed by atoms with E-state index in [1.807, 2.05) is 44.9 Å². The average Bonchev–Trinajstić information content (AvgIpc) is 3.94. The molecule has 4 unspecified atom stereocenters. The number of fused-ring (bicyclic) bond motifs is 7. The standard InChI is InChI=1S/C37H54N2O2S.C3H6.C2H6.4C2H2/c1-34(2)28(24-7-9-25(10-8-24)33(40)41)15-19-36(4)31(34)17-20-35(3)29-16-21-37(38-22-23-39-42-26-11-12-26)18-5-6-30(37)27(29)13-14-32(35)36;1-3-2;5*1-2/h7-10,15,26-27,29-32,38-39H,5-6,11-14,16-23H2,1-4H3,(H,40,41);3H,1H2,2H3;1-2H3;4*1-2H/t27-,29?,30?,31?,32?,35-,36-,37-;;;;;;/m0....../s1. The maximum atomic E-state index is 11.5. The highest BCUT2D eigenvalue weighted by molar-refractivity contribution is 7.98. The predicted octanol–water partition coefficient (Wildman–Crippen LogP) is 11.8. The van der Waals surface area contributed by atoms with Gasteiger partial charge in [-0.3, -0.25) is 4.72 Å². The summed E-state index contributed by atoms with van der Waals surface area (Å²) in [6, 6.07) is 7.66. The Balaban J connectivity index is 0.00000105. The van der Waals surface area contributed by atoms with Crippen LogP contribution in [0.5, 0.6) is 0 Å². The molecule has 6 aliphatic rings. The Morgan fingerprint density at radius 1 is 0.800 bits per heavy atom. The van der Waals surface area contributed by atoms with Crippen molar-refractivity contribution in [3.8, 4) is 51.4 Å². The van der Waals surface area contributed by atoms with Crippen LogP contribution in [0.3, 0.4) is 0 Å². The first-order valence-electron chi connectivity index (χ1n) is 20.6. The van der Waals surface area contributed by atoms with Crippen molar-refractivity contribution in [2.45, 2.75) is 136 Å². The van der Waals surface area contributed by atoms with Gasteiger partial charge in [0.25, 0.3) is 0 Å². The van der Waals surface area contributed by atoms with Crippen LogP contribution in [0.2, 0.25) is 0 Å². The molecule has 1 aromatic rings. The number of carboxylic acids is 1. The number of allylic oxidation sites excluding steroid dienone is 3. The lowest BCUT2D eigenvalue weighted by Crippen LogP contribution is -2.63. The number of terminal acetylenes is 4. The maximum absolute atomic E-state index is 11.5. The van der Waals surface area contributed by atoms with E-state index in [-0.39, 0.29) is 5.41 Å². The fourth-order valence-corrected chi connectivity index (χ4v) is 13.0. The van der Waals surface area contributed by atoms with Crippen molar-refractivity contribution in [3.63, 3.8) is 0 Å². The minimum atomic E-state index is -0.846. The molecule has 1 aromatic carbocycles. The summed E-state index contributed by atoms with van der Waals surface area (Å²) < 4.78 is 3.65. The summed E-state index contributed by atoms with van der Waals surface area (Å²) in [5.41, 5.74) is 4.29. The molecule has 302 valence electrons. The second kappa shape index (κ2) is 23.0. The molecule has 5 saturated carbocycles. The van der Waals surface area contributed by atoms with Crippen LogP contribution in [0.25, 0.3) is 5.57 Å². The van der Waals surface area contributed by atoms with Crippen molar-refractivity contribution in [1.29, 1.82) is 0 Å². The Hall–Kier alpha value is -3.32. The van der Waals surface area contributed by atoms with Crippen molar-refractivity contribution < 1.29 is 9.90 Å². The number of benzene rings is 1. The maximum Gasteiger partial charge on any atom is 0.335 e. The zero-order valence-electron chi connectivity index (χ0n) is 35.4. The van der Waals surface area contributed by atoms with E-state index in [0.29, 0.717) is 27.9 Å². The molecule has 5 fully saturated rings. The van der Waals surface area contributed by atoms with Gasteiger partial charge in [-0.15, -0.1) is 58.0 Å². The molecule has 5 heteroatoms. The van der Waals surface area contributed by atoms with Crippen molar-refractivity contribution >= 4 is 23.5 Å². The molecule has 8 atom stereocenters. The molecule has 0 aliphatic heterocycles. The van der Waals surface area contributed by atoms with Crippen LogP contribution in [-0.2, 0) is 0 Å². The van der Waals surface area contributed by atoms with E-state index in [4.69, 9.17) is 0 Å². The molecule has 0 spiro atoms. The van der Waals surface area contributed by atoms with Gasteiger partial charge in [0.2, 0.25) is 0 Å². The van der Waals surface area contributed by atoms with Crippen LogP contribution in [0.4, 0.5) is 0 Å². The van der Waals surface area contributed by atoms with Crippen molar-refractivity contribution in [2.24, 2.45) is 45.8 Å². The zero-order chi connectivity index (χ0) is 42.0. The minimum absolute atomic E-state index is 0.0822. The highest BCUT2D eigenvalue weighted by Gasteiger charge is 2.65. The fourth-order valence-electron chi connectivity index (χ4n) is 12.1. The Morgan fingerprint density at radius 3 is 1.96 bits per heavy atom. The number of hydrogen-bond donors (Lipinski definition) is 3. The lowest BCUT2D eigenvalue weighted by atomic mass is 9.37. The highest BCUT2D eigenvalue weighted by atomic mass is 32.2. The van der Waals surface area contributed by atoms with Gasteiger partial charge < -0.3 is 10.4 Å². The molecule has 0 radical (unpaired) electrons. The molecule has 6 aliphatic carbocycles. The molecule has 0 aromatic heterocycles. The second-order valence-electron chi connectivity index (χ2n) is 16.7. The summed E-state index contributed by atoms with van der Waals surface area (Å²) >= 11 is 1.98. The van der Waals surface area contributed by atoms with Gasteiger partial charge in [0.05, 0.1) is 5.56 Å². The largest absolute Gasteiger partial charge is 0.478 e. The quantitative estimate of drug-likeness (QED) is 0.106. The molecule has 0 saturated heterocycles. The fraction of sp³-hybridized carbons (Fsp3) is 0.620. The molecular weight excluding hydrogens is 693 g/mol. The molecule has 55 heavy (non-hydrogen) atoms. The van der Waals surface area contributed by atoms with Gasteiger partial charge in [0, 0.05) is 23.9 Å². The number of hydrogen-bond acceptors (Lipinski definition) is 4. The van der Waals surface area contributed by atoms with Crippen molar-refractivity contribution in [1.82, 2.24) is 10.0 Å². The summed E-state index contributed by atoms with van der Waals surface area (Å²) in [5.74, 6) is 3.27. The summed E-state index contributed by atoms with van der Waals surface area (Å²) in [6.45, 7) is 21.8. The third-order valence-electron chi connectivity index (χ3n) is 14.0. The minimum Gasteiger partial charge on any atom is -0.478 e. The van der Waals surface area contributed by atoms with E-state index in [1.165, 1.54) is 81.8 Å². The van der Waals surface area contributed by atoms with Gasteiger partial charge in [-0.25, -0.2) is 4.79 Å². The predicted molar refractivity (Wildman–Crippen MR) is 241 cm³/mol. The SMILES string of the molecule is C#C.C#C.C#C.C#C.C=CC.CC.CC1(C)C(c2ccc(C(=O)O)cc2)=CC[C@@]2(C)C1CC[C@@]1(C)C3CC[C@@]4(NCCNSC5CC5)CCCC4[C@H]3CCC12. The van der Waals surface area contributed by atoms with E-state index in [1.54, 1.807) is 18.2 Å². The monoisotopic (exact) mass is 767 g/mol. The Bertz CT molecular complexity index is 1420. The smallest absolute Gasteiger partial charge is 0.335 e. The Morgan fingerprint density at radius 2 is 1.40 bits per heavy atom. The van der Waals surface area contributed by atoms with E-state index in [0.717, 1.165) is 48.4 Å². The molecule has 0 heterocycles. The van der Waals surface area contributed by atoms with Crippen molar-refractivity contribution in [2.75, 3.05) is 13.1 Å². The first kappa shape index (κ1) is 49.7. The van der Waals surface area contributed by atoms with Crippen LogP contribution < -0.4 is 10.0 Å². The summed E-state index contributed by atoms with van der Waals surface area (Å²) in [7, 11) is 0. The topological polar surface area (TPSA) is 61.4 Å². The molecular formula is C50H74N2O2S. The van der Waals surface area contributed by atoms with Crippen LogP contribution >= 0.6 is 11.9 Å². The number of carbonyl (C=O) groups is 1. The number of aromatic carboxylic acids is 1. The molecule has 0 amide bonds. The van der Waals surface area contributed by atoms with E-state index >= 15 is 0 Å². The highest BCUT2D eigenvalue weighted by Crippen LogP contribution is 2.72. The van der Waals surface area contributed by atoms with Gasteiger partial charge in [-0.2, -0.15) is 0 Å². The summed E-state index contributed by atoms with van der Waals surface area (Å²) in [4.78, 5) is 11.5. The molecule has 0 bridgehead atoms. The third kappa shape index (κ3) is 10.6. The van der Waals surface area contributed by atoms with Gasteiger partial charge in [0.1, 0.15) is 0 Å². The Kier molecular flexibility index (Phi) is 20.8. The van der Waals surface area contributed by atoms with E-state index in [2.05, 4.69) is 102 Å². The van der Waals surface area contributed by atoms with Crippen LogP contribution in [0, 0.1) is 97.2 Å². The lowest BCUT2D eigenvalue weighted by molar-refractivity contribution is -0.172. The third-order valence-corrected chi connectivity index (χ3v) is 15.2. The normalized spacial score (nSPS) is 32.6. The lowest BCUT2D eigenvalue weighted by Gasteiger charge is -2.68. The van der Waals surface area contributed by atoms with Crippen LogP contribution in [-0.4, -0.2) is 35.0 Å². The first-order chi connectivity index (χ1) is 26.5. The van der Waals surface area contributed by atoms with Crippen LogP contribution in [0.15, 0.2) is 43.0 Å². The number of carboxylic acid groups (broad SMARTS) is 1. The number of nitrogens with one attached hydrogen (secondary N) is 2. The van der Waals surface area contributed by atoms with Gasteiger partial charge in [-0.05, 0) is 147 Å². The summed E-state index contributed by atoms with van der Waals surface area (Å²) in [6.07, 6.45) is 52.9. The number of rotatable bonds is 8. The second-order valence-corrected chi connectivity index (χ2v) is 17.9. The van der Waals surface area contributed by atoms with Gasteiger partial charge in [-0.1, -0.05) is 84.2 Å². The van der Waals surface area contributed by atoms with Gasteiger partial charge in [0.15, 0.2) is 0 Å².